The van der Waals surface area contributed by atoms with Crippen LogP contribution in [0.5, 0.6) is 0 Å². The third-order valence-corrected chi connectivity index (χ3v) is 2.57. The fraction of sp³-hybridized carbons (Fsp3) is 0.300. The van der Waals surface area contributed by atoms with Gasteiger partial charge >= 0.3 is 0 Å². The van der Waals surface area contributed by atoms with Crippen LogP contribution in [0.25, 0.3) is 0 Å². The standard InChI is InChI=1S/C10H12FN3O/c11-7-3-1-2-4-8(7)14-10(9(12)15)5-13-6-10/h1-4,13-14H,5-6H2,(H2,12,15). The quantitative estimate of drug-likeness (QED) is 0.659. The van der Waals surface area contributed by atoms with Crippen molar-refractivity contribution in [3.63, 3.8) is 0 Å². The Hall–Kier alpha value is -1.62. The molecule has 0 unspecified atom stereocenters. The summed E-state index contributed by atoms with van der Waals surface area (Å²) < 4.78 is 13.3. The van der Waals surface area contributed by atoms with E-state index in [1.165, 1.54) is 6.07 Å². The number of carbonyl (C=O) groups is 1. The second kappa shape index (κ2) is 3.51. The molecule has 0 saturated carbocycles. The number of hydrogen-bond donors (Lipinski definition) is 3. The Balaban J connectivity index is 2.21. The van der Waals surface area contributed by atoms with Crippen LogP contribution in [0.2, 0.25) is 0 Å². The molecule has 0 aliphatic carbocycles. The number of anilines is 1. The largest absolute Gasteiger partial charge is 0.368 e. The lowest BCUT2D eigenvalue weighted by Gasteiger charge is -2.41. The second-order valence-corrected chi connectivity index (χ2v) is 3.65. The van der Waals surface area contributed by atoms with Crippen LogP contribution in [0.1, 0.15) is 0 Å². The fourth-order valence-electron chi connectivity index (χ4n) is 1.52. The zero-order valence-corrected chi connectivity index (χ0v) is 8.09. The summed E-state index contributed by atoms with van der Waals surface area (Å²) >= 11 is 0. The van der Waals surface area contributed by atoms with Gasteiger partial charge in [0.25, 0.3) is 0 Å². The third-order valence-electron chi connectivity index (χ3n) is 2.57. The molecule has 1 heterocycles. The zero-order chi connectivity index (χ0) is 10.9. The minimum Gasteiger partial charge on any atom is -0.368 e. The van der Waals surface area contributed by atoms with Crippen LogP contribution in [0, 0.1) is 5.82 Å². The number of amides is 1. The first-order chi connectivity index (χ1) is 7.14. The van der Waals surface area contributed by atoms with Gasteiger partial charge in [-0.25, -0.2) is 4.39 Å². The summed E-state index contributed by atoms with van der Waals surface area (Å²) in [6, 6.07) is 6.21. The molecule has 0 spiro atoms. The van der Waals surface area contributed by atoms with Crippen molar-refractivity contribution in [2.75, 3.05) is 18.4 Å². The van der Waals surface area contributed by atoms with Crippen molar-refractivity contribution in [2.45, 2.75) is 5.54 Å². The van der Waals surface area contributed by atoms with Crippen LogP contribution < -0.4 is 16.4 Å². The summed E-state index contributed by atoms with van der Waals surface area (Å²) in [4.78, 5) is 11.2. The monoisotopic (exact) mass is 209 g/mol. The van der Waals surface area contributed by atoms with E-state index in [0.717, 1.165) is 0 Å². The molecule has 0 aromatic heterocycles. The predicted molar refractivity (Wildman–Crippen MR) is 54.8 cm³/mol. The zero-order valence-electron chi connectivity index (χ0n) is 8.09. The number of hydrogen-bond acceptors (Lipinski definition) is 3. The Morgan fingerprint density at radius 1 is 1.47 bits per heavy atom. The molecule has 1 amide bonds. The van der Waals surface area contributed by atoms with E-state index in [4.69, 9.17) is 5.73 Å². The van der Waals surface area contributed by atoms with E-state index in [1.54, 1.807) is 18.2 Å². The Morgan fingerprint density at radius 3 is 2.60 bits per heavy atom. The molecule has 80 valence electrons. The molecule has 0 atom stereocenters. The number of nitrogens with two attached hydrogens (primary N) is 1. The maximum Gasteiger partial charge on any atom is 0.245 e. The van der Waals surface area contributed by atoms with Crippen molar-refractivity contribution < 1.29 is 9.18 Å². The molecule has 1 aromatic carbocycles. The highest BCUT2D eigenvalue weighted by atomic mass is 19.1. The molecule has 4 nitrogen and oxygen atoms in total. The summed E-state index contributed by atoms with van der Waals surface area (Å²) in [5, 5.41) is 5.78. The van der Waals surface area contributed by atoms with Gasteiger partial charge in [-0.3, -0.25) is 4.79 Å². The number of para-hydroxylation sites is 1. The minimum atomic E-state index is -0.845. The van der Waals surface area contributed by atoms with Crippen LogP contribution in [0.15, 0.2) is 24.3 Å². The van der Waals surface area contributed by atoms with Crippen LogP contribution >= 0.6 is 0 Å². The average Bonchev–Trinajstić information content (AvgIpc) is 2.13. The lowest BCUT2D eigenvalue weighted by Crippen LogP contribution is -2.70. The molecule has 1 saturated heterocycles. The molecular formula is C10H12FN3O. The van der Waals surface area contributed by atoms with E-state index >= 15 is 0 Å². The van der Waals surface area contributed by atoms with E-state index in [-0.39, 0.29) is 5.82 Å². The van der Waals surface area contributed by atoms with E-state index in [1.807, 2.05) is 0 Å². The fourth-order valence-corrected chi connectivity index (χ4v) is 1.52. The van der Waals surface area contributed by atoms with Gasteiger partial charge in [0.05, 0.1) is 5.69 Å². The Bertz CT molecular complexity index is 390. The van der Waals surface area contributed by atoms with Gasteiger partial charge < -0.3 is 16.4 Å². The van der Waals surface area contributed by atoms with Crippen LogP contribution in [-0.4, -0.2) is 24.5 Å². The number of rotatable bonds is 3. The van der Waals surface area contributed by atoms with Gasteiger partial charge in [-0.1, -0.05) is 12.1 Å². The third kappa shape index (κ3) is 1.66. The molecule has 4 N–H and O–H groups in total. The summed E-state index contributed by atoms with van der Waals surface area (Å²) in [5.74, 6) is -0.852. The normalized spacial score (nSPS) is 17.9. The highest BCUT2D eigenvalue weighted by molar-refractivity contribution is 5.90. The molecule has 2 rings (SSSR count). The van der Waals surface area contributed by atoms with E-state index in [9.17, 15) is 9.18 Å². The lowest BCUT2D eigenvalue weighted by atomic mass is 9.91. The first kappa shape index (κ1) is 9.92. The number of halogens is 1. The first-order valence-corrected chi connectivity index (χ1v) is 4.67. The maximum absolute atomic E-state index is 13.3. The summed E-state index contributed by atoms with van der Waals surface area (Å²) in [7, 11) is 0. The van der Waals surface area contributed by atoms with Gasteiger partial charge in [-0.2, -0.15) is 0 Å². The summed E-state index contributed by atoms with van der Waals surface area (Å²) in [5.41, 5.74) is 4.73. The van der Waals surface area contributed by atoms with E-state index in [2.05, 4.69) is 10.6 Å². The smallest absolute Gasteiger partial charge is 0.245 e. The first-order valence-electron chi connectivity index (χ1n) is 4.67. The van der Waals surface area contributed by atoms with Crippen LogP contribution in [0.3, 0.4) is 0 Å². The van der Waals surface area contributed by atoms with Gasteiger partial charge in [-0.05, 0) is 12.1 Å². The topological polar surface area (TPSA) is 67.2 Å². The van der Waals surface area contributed by atoms with Crippen molar-refractivity contribution in [1.29, 1.82) is 0 Å². The number of primary amides is 1. The molecule has 0 radical (unpaired) electrons. The van der Waals surface area contributed by atoms with E-state index in [0.29, 0.717) is 18.8 Å². The molecule has 1 aliphatic heterocycles. The van der Waals surface area contributed by atoms with E-state index < -0.39 is 11.4 Å². The molecular weight excluding hydrogens is 197 g/mol. The van der Waals surface area contributed by atoms with Gasteiger partial charge in [0.1, 0.15) is 11.4 Å². The van der Waals surface area contributed by atoms with Crippen LogP contribution in [-0.2, 0) is 4.79 Å². The molecule has 15 heavy (non-hydrogen) atoms. The van der Waals surface area contributed by atoms with Gasteiger partial charge in [-0.15, -0.1) is 0 Å². The van der Waals surface area contributed by atoms with Crippen LogP contribution in [0.4, 0.5) is 10.1 Å². The van der Waals surface area contributed by atoms with Crippen molar-refractivity contribution in [1.82, 2.24) is 5.32 Å². The second-order valence-electron chi connectivity index (χ2n) is 3.65. The summed E-state index contributed by atoms with van der Waals surface area (Å²) in [6.45, 7) is 0.854. The number of carbonyl (C=O) groups excluding carboxylic acids is 1. The highest BCUT2D eigenvalue weighted by Crippen LogP contribution is 2.21. The predicted octanol–water partition coefficient (Wildman–Crippen LogP) is 0.0649. The maximum atomic E-state index is 13.3. The number of benzene rings is 1. The average molecular weight is 209 g/mol. The van der Waals surface area contributed by atoms with Crippen molar-refractivity contribution >= 4 is 11.6 Å². The highest BCUT2D eigenvalue weighted by Gasteiger charge is 2.43. The van der Waals surface area contributed by atoms with Crippen molar-refractivity contribution in [2.24, 2.45) is 5.73 Å². The molecule has 1 aromatic rings. The van der Waals surface area contributed by atoms with Crippen molar-refractivity contribution in [3.05, 3.63) is 30.1 Å². The number of nitrogens with one attached hydrogen (secondary N) is 2. The van der Waals surface area contributed by atoms with Gasteiger partial charge in [0.2, 0.25) is 5.91 Å². The lowest BCUT2D eigenvalue weighted by molar-refractivity contribution is -0.123. The Labute approximate surface area is 86.7 Å². The SMILES string of the molecule is NC(=O)C1(Nc2ccccc2F)CNC1. The Morgan fingerprint density at radius 2 is 2.13 bits per heavy atom. The minimum absolute atomic E-state index is 0.304. The summed E-state index contributed by atoms with van der Waals surface area (Å²) in [6.07, 6.45) is 0. The van der Waals surface area contributed by atoms with Crippen molar-refractivity contribution in [3.8, 4) is 0 Å². The molecule has 1 fully saturated rings. The molecule has 5 heteroatoms. The molecule has 1 aliphatic rings. The van der Waals surface area contributed by atoms with Gasteiger partial charge in [0, 0.05) is 13.1 Å². The Kier molecular flexibility index (Phi) is 2.32. The molecule has 0 bridgehead atoms. The van der Waals surface area contributed by atoms with Gasteiger partial charge in [0.15, 0.2) is 0 Å².